The van der Waals surface area contributed by atoms with Crippen molar-refractivity contribution < 1.29 is 13.9 Å². The molecule has 0 saturated heterocycles. The number of hydrogen-bond donors (Lipinski definition) is 1. The van der Waals surface area contributed by atoms with E-state index >= 15 is 0 Å². The quantitative estimate of drug-likeness (QED) is 0.698. The van der Waals surface area contributed by atoms with E-state index in [9.17, 15) is 8.42 Å². The molecule has 3 aromatic carbocycles. The SMILES string of the molecule is O.O=S(=O)(c1cccc2ccccc12)N(Cl)c1ccc2c(c1)CCNC2. The minimum Gasteiger partial charge on any atom is -0.412 e. The first-order chi connectivity index (χ1) is 12.1. The van der Waals surface area contributed by atoms with Crippen LogP contribution in [0, 0.1) is 0 Å². The highest BCUT2D eigenvalue weighted by molar-refractivity contribution is 7.94. The van der Waals surface area contributed by atoms with Gasteiger partial charge in [0, 0.05) is 23.7 Å². The molecule has 3 aromatic rings. The van der Waals surface area contributed by atoms with Gasteiger partial charge in [-0.1, -0.05) is 42.5 Å². The van der Waals surface area contributed by atoms with Gasteiger partial charge in [-0.05, 0) is 47.7 Å². The number of anilines is 1. The second kappa shape index (κ2) is 7.25. The second-order valence-electron chi connectivity index (χ2n) is 6.08. The maximum atomic E-state index is 13.1. The van der Waals surface area contributed by atoms with Gasteiger partial charge in [-0.3, -0.25) is 0 Å². The predicted octanol–water partition coefficient (Wildman–Crippen LogP) is 3.01. The molecule has 1 heterocycles. The van der Waals surface area contributed by atoms with Gasteiger partial charge in [0.25, 0.3) is 10.0 Å². The molecular formula is C19H19ClN2O3S. The fourth-order valence-corrected chi connectivity index (χ4v) is 4.83. The Kier molecular flexibility index (Phi) is 5.20. The van der Waals surface area contributed by atoms with E-state index in [2.05, 4.69) is 5.32 Å². The number of fused-ring (bicyclic) bond motifs is 2. The lowest BCUT2D eigenvalue weighted by molar-refractivity contribution is 0.598. The van der Waals surface area contributed by atoms with Crippen molar-refractivity contribution in [3.63, 3.8) is 0 Å². The molecule has 0 fully saturated rings. The number of sulfonamides is 1. The number of nitrogens with one attached hydrogen (secondary N) is 1. The van der Waals surface area contributed by atoms with Gasteiger partial charge in [0.2, 0.25) is 0 Å². The van der Waals surface area contributed by atoms with Crippen LogP contribution in [0.2, 0.25) is 0 Å². The van der Waals surface area contributed by atoms with E-state index in [1.165, 1.54) is 5.56 Å². The molecule has 0 atom stereocenters. The average Bonchev–Trinajstić information content (AvgIpc) is 2.66. The van der Waals surface area contributed by atoms with Crippen LogP contribution in [-0.2, 0) is 23.0 Å². The van der Waals surface area contributed by atoms with Gasteiger partial charge in [-0.15, -0.1) is 0 Å². The summed E-state index contributed by atoms with van der Waals surface area (Å²) in [7, 11) is -3.86. The molecular weight excluding hydrogens is 372 g/mol. The molecule has 3 N–H and O–H groups in total. The molecule has 0 aliphatic carbocycles. The van der Waals surface area contributed by atoms with E-state index in [0.29, 0.717) is 11.1 Å². The molecule has 4 rings (SSSR count). The third-order valence-corrected chi connectivity index (χ3v) is 6.80. The summed E-state index contributed by atoms with van der Waals surface area (Å²) in [6.45, 7) is 1.68. The Morgan fingerprint density at radius 3 is 2.58 bits per heavy atom. The van der Waals surface area contributed by atoms with E-state index in [-0.39, 0.29) is 10.4 Å². The molecule has 0 aromatic heterocycles. The first-order valence-electron chi connectivity index (χ1n) is 8.09. The lowest BCUT2D eigenvalue weighted by atomic mass is 10.0. The average molecular weight is 391 g/mol. The van der Waals surface area contributed by atoms with Crippen molar-refractivity contribution in [1.29, 1.82) is 0 Å². The maximum absolute atomic E-state index is 13.1. The van der Waals surface area contributed by atoms with E-state index in [0.717, 1.165) is 34.3 Å². The summed E-state index contributed by atoms with van der Waals surface area (Å²) in [5.74, 6) is 0. The highest BCUT2D eigenvalue weighted by Gasteiger charge is 2.26. The molecule has 0 radical (unpaired) electrons. The largest absolute Gasteiger partial charge is 0.412 e. The first-order valence-corrected chi connectivity index (χ1v) is 9.86. The van der Waals surface area contributed by atoms with E-state index in [1.54, 1.807) is 24.3 Å². The summed E-state index contributed by atoms with van der Waals surface area (Å²) in [4.78, 5) is 0.208. The molecule has 0 amide bonds. The zero-order chi connectivity index (χ0) is 17.4. The monoisotopic (exact) mass is 390 g/mol. The molecule has 7 heteroatoms. The van der Waals surface area contributed by atoms with E-state index in [1.807, 2.05) is 36.4 Å². The van der Waals surface area contributed by atoms with Gasteiger partial charge < -0.3 is 10.8 Å². The Morgan fingerprint density at radius 2 is 1.73 bits per heavy atom. The number of benzene rings is 3. The second-order valence-corrected chi connectivity index (χ2v) is 8.37. The fourth-order valence-electron chi connectivity index (χ4n) is 3.22. The molecule has 0 saturated carbocycles. The van der Waals surface area contributed by atoms with Gasteiger partial charge in [-0.2, -0.15) is 12.2 Å². The van der Waals surface area contributed by atoms with Crippen LogP contribution in [0.3, 0.4) is 0 Å². The summed E-state index contributed by atoms with van der Waals surface area (Å²) in [6, 6.07) is 18.2. The van der Waals surface area contributed by atoms with Gasteiger partial charge >= 0.3 is 0 Å². The Bertz CT molecular complexity index is 1050. The standard InChI is InChI=1S/C19H17ClN2O2S.H2O/c20-22(17-9-8-16-13-21-11-10-15(16)12-17)25(23,24)19-7-3-5-14-4-1-2-6-18(14)19;/h1-9,12,21H,10-11,13H2;1H2. The molecule has 136 valence electrons. The van der Waals surface area contributed by atoms with Crippen LogP contribution in [0.4, 0.5) is 5.69 Å². The van der Waals surface area contributed by atoms with Crippen molar-refractivity contribution in [2.45, 2.75) is 17.9 Å². The third-order valence-electron chi connectivity index (χ3n) is 4.52. The normalized spacial score (nSPS) is 13.7. The number of rotatable bonds is 3. The fraction of sp³-hybridized carbons (Fsp3) is 0.158. The van der Waals surface area contributed by atoms with Crippen molar-refractivity contribution in [1.82, 2.24) is 5.32 Å². The van der Waals surface area contributed by atoms with Crippen LogP contribution in [0.5, 0.6) is 0 Å². The van der Waals surface area contributed by atoms with E-state index < -0.39 is 10.0 Å². The molecule has 0 spiro atoms. The summed E-state index contributed by atoms with van der Waals surface area (Å²) in [5, 5.41) is 4.83. The van der Waals surface area contributed by atoms with Crippen molar-refractivity contribution in [2.75, 3.05) is 10.4 Å². The van der Waals surface area contributed by atoms with Crippen LogP contribution < -0.4 is 9.14 Å². The van der Waals surface area contributed by atoms with Gasteiger partial charge in [0.05, 0.1) is 10.6 Å². The highest BCUT2D eigenvalue weighted by Crippen LogP contribution is 2.32. The minimum absolute atomic E-state index is 0. The number of halogens is 1. The molecule has 0 unspecified atom stereocenters. The summed E-state index contributed by atoms with van der Waals surface area (Å²) in [5.41, 5.74) is 2.79. The zero-order valence-corrected chi connectivity index (χ0v) is 15.5. The lowest BCUT2D eigenvalue weighted by Gasteiger charge is -2.21. The molecule has 1 aliphatic rings. The molecule has 0 bridgehead atoms. The lowest BCUT2D eigenvalue weighted by Crippen LogP contribution is -2.25. The summed E-state index contributed by atoms with van der Waals surface area (Å²) < 4.78 is 27.1. The smallest absolute Gasteiger partial charge is 0.278 e. The van der Waals surface area contributed by atoms with Crippen molar-refractivity contribution in [3.8, 4) is 0 Å². The minimum atomic E-state index is -3.86. The van der Waals surface area contributed by atoms with Gasteiger partial charge in [0.15, 0.2) is 0 Å². The van der Waals surface area contributed by atoms with Crippen LogP contribution in [0.1, 0.15) is 11.1 Å². The highest BCUT2D eigenvalue weighted by atomic mass is 35.5. The number of nitrogens with zero attached hydrogens (tertiary/aromatic N) is 1. The Labute approximate surface area is 157 Å². The summed E-state index contributed by atoms with van der Waals surface area (Å²) >= 11 is 6.31. The van der Waals surface area contributed by atoms with Crippen molar-refractivity contribution in [3.05, 3.63) is 71.8 Å². The molecule has 5 nitrogen and oxygen atoms in total. The molecule has 1 aliphatic heterocycles. The van der Waals surface area contributed by atoms with Gasteiger partial charge in [0.1, 0.15) is 0 Å². The van der Waals surface area contributed by atoms with Crippen LogP contribution in [-0.4, -0.2) is 20.4 Å². The zero-order valence-electron chi connectivity index (χ0n) is 13.9. The third kappa shape index (κ3) is 3.17. The van der Waals surface area contributed by atoms with Crippen molar-refractivity contribution >= 4 is 38.3 Å². The first kappa shape index (κ1) is 18.7. The summed E-state index contributed by atoms with van der Waals surface area (Å²) in [6.07, 6.45) is 0.863. The Morgan fingerprint density at radius 1 is 0.962 bits per heavy atom. The van der Waals surface area contributed by atoms with Crippen LogP contribution >= 0.6 is 11.8 Å². The van der Waals surface area contributed by atoms with Crippen LogP contribution in [0.25, 0.3) is 10.8 Å². The topological polar surface area (TPSA) is 80.9 Å². The predicted molar refractivity (Wildman–Crippen MR) is 105 cm³/mol. The van der Waals surface area contributed by atoms with Crippen molar-refractivity contribution in [2.24, 2.45) is 0 Å². The Balaban J connectivity index is 0.00000196. The molecule has 26 heavy (non-hydrogen) atoms. The Hall–Kier alpha value is -2.12. The number of hydrogen-bond acceptors (Lipinski definition) is 3. The maximum Gasteiger partial charge on any atom is 0.278 e. The van der Waals surface area contributed by atoms with Gasteiger partial charge in [-0.25, -0.2) is 0 Å². The van der Waals surface area contributed by atoms with Crippen LogP contribution in [0.15, 0.2) is 65.6 Å². The van der Waals surface area contributed by atoms with E-state index in [4.69, 9.17) is 11.8 Å².